The average molecular weight is 532 g/mol. The summed E-state index contributed by atoms with van der Waals surface area (Å²) >= 11 is 0. The maximum Gasteiger partial charge on any atom is 0.272 e. The molecule has 0 atom stereocenters. The highest BCUT2D eigenvalue weighted by Crippen LogP contribution is 2.22. The van der Waals surface area contributed by atoms with Gasteiger partial charge in [-0.1, -0.05) is 0 Å². The highest BCUT2D eigenvalue weighted by Gasteiger charge is 2.14. The average Bonchev–Trinajstić information content (AvgIpc) is 3.57. The summed E-state index contributed by atoms with van der Waals surface area (Å²) < 4.78 is 0. The Bertz CT molecular complexity index is 1520. The van der Waals surface area contributed by atoms with Gasteiger partial charge in [0.15, 0.2) is 5.96 Å². The number of carbonyl (C=O) groups excluding carboxylic acids is 3. The summed E-state index contributed by atoms with van der Waals surface area (Å²) in [7, 11) is 1.69. The molecule has 204 valence electrons. The van der Waals surface area contributed by atoms with Gasteiger partial charge >= 0.3 is 0 Å². The molecule has 0 fully saturated rings. The molecule has 0 saturated heterocycles. The van der Waals surface area contributed by atoms with Gasteiger partial charge in [0.25, 0.3) is 17.7 Å². The maximum absolute atomic E-state index is 12.9. The summed E-state index contributed by atoms with van der Waals surface area (Å²) in [6.07, 6.45) is 0. The molecule has 0 bridgehead atoms. The second-order valence-electron chi connectivity index (χ2n) is 8.75. The molecule has 12 nitrogen and oxygen atoms in total. The molecule has 2 aromatic carbocycles. The highest BCUT2D eigenvalue weighted by molar-refractivity contribution is 6.08. The number of anilines is 1. The van der Waals surface area contributed by atoms with Gasteiger partial charge in [-0.05, 0) is 55.5 Å². The predicted octanol–water partition coefficient (Wildman–Crippen LogP) is 1.50. The number of rotatable bonds is 10. The Morgan fingerprint density at radius 2 is 1.41 bits per heavy atom. The Morgan fingerprint density at radius 3 is 2.10 bits per heavy atom. The van der Waals surface area contributed by atoms with E-state index in [1.807, 2.05) is 6.92 Å². The smallest absolute Gasteiger partial charge is 0.272 e. The number of aromatic amines is 2. The fourth-order valence-corrected chi connectivity index (χ4v) is 4.06. The van der Waals surface area contributed by atoms with Crippen molar-refractivity contribution in [1.29, 1.82) is 0 Å². The number of guanidine groups is 1. The van der Waals surface area contributed by atoms with Crippen molar-refractivity contribution in [3.63, 3.8) is 0 Å². The van der Waals surface area contributed by atoms with Crippen LogP contribution >= 0.6 is 0 Å². The molecule has 0 spiro atoms. The number of amides is 3. The third-order valence-corrected chi connectivity index (χ3v) is 5.95. The molecule has 9 N–H and O–H groups in total. The third-order valence-electron chi connectivity index (χ3n) is 5.95. The Labute approximate surface area is 225 Å². The van der Waals surface area contributed by atoms with Crippen LogP contribution in [0, 0.1) is 0 Å². The Kier molecular flexibility index (Phi) is 8.79. The van der Waals surface area contributed by atoms with E-state index >= 15 is 0 Å². The maximum atomic E-state index is 12.9. The van der Waals surface area contributed by atoms with Crippen molar-refractivity contribution in [2.45, 2.75) is 6.92 Å². The number of carbonyl (C=O) groups is 3. The largest absolute Gasteiger partial charge is 0.357 e. The van der Waals surface area contributed by atoms with Crippen molar-refractivity contribution in [1.82, 2.24) is 31.2 Å². The second kappa shape index (κ2) is 12.6. The van der Waals surface area contributed by atoms with Gasteiger partial charge in [-0.3, -0.25) is 19.4 Å². The zero-order valence-electron chi connectivity index (χ0n) is 21.9. The molecule has 0 aliphatic heterocycles. The molecule has 2 aromatic heterocycles. The molecule has 39 heavy (non-hydrogen) atoms. The van der Waals surface area contributed by atoms with Gasteiger partial charge in [-0.25, -0.2) is 0 Å². The summed E-state index contributed by atoms with van der Waals surface area (Å²) in [5.41, 5.74) is 8.81. The minimum Gasteiger partial charge on any atom is -0.357 e. The Hall–Kier alpha value is -4.84. The van der Waals surface area contributed by atoms with Crippen LogP contribution in [-0.2, 0) is 0 Å². The monoisotopic (exact) mass is 531 g/mol. The fraction of sp³-hybridized carbons (Fsp3) is 0.259. The molecular weight excluding hydrogens is 498 g/mol. The van der Waals surface area contributed by atoms with E-state index in [4.69, 9.17) is 5.73 Å². The number of hydrogen-bond acceptors (Lipinski definition) is 5. The first kappa shape index (κ1) is 27.2. The van der Waals surface area contributed by atoms with Crippen molar-refractivity contribution in [3.8, 4) is 0 Å². The van der Waals surface area contributed by atoms with Gasteiger partial charge < -0.3 is 42.3 Å². The number of nitrogens with two attached hydrogens (primary N) is 1. The van der Waals surface area contributed by atoms with E-state index in [1.165, 1.54) is 0 Å². The molecule has 0 aliphatic rings. The van der Waals surface area contributed by atoms with Crippen LogP contribution in [0.25, 0.3) is 21.8 Å². The van der Waals surface area contributed by atoms with Gasteiger partial charge in [0, 0.05) is 72.8 Å². The first-order valence-corrected chi connectivity index (χ1v) is 12.7. The predicted molar refractivity (Wildman–Crippen MR) is 153 cm³/mol. The van der Waals surface area contributed by atoms with E-state index in [0.717, 1.165) is 28.4 Å². The highest BCUT2D eigenvalue weighted by atomic mass is 16.2. The lowest BCUT2D eigenvalue weighted by Crippen LogP contribution is -2.41. The molecular formula is C27H33N9O3. The number of aromatic nitrogens is 2. The van der Waals surface area contributed by atoms with Crippen LogP contribution in [0.1, 0.15) is 38.3 Å². The quantitative estimate of drug-likeness (QED) is 0.0872. The van der Waals surface area contributed by atoms with Crippen LogP contribution in [0.2, 0.25) is 0 Å². The standard InChI is InChI=1S/C27H33N9O3/c1-3-30-27(29-2)33-11-10-32-25(38)22-15-18-13-19(5-7-21(18)35-22)34-26(39)23-14-17-12-16(4-6-20(17)36-23)24(37)31-9-8-28/h4-7,12-15,35-36H,3,8-11,28H2,1-2H3,(H,31,37)(H,32,38)(H,34,39)(H2,29,30,33). The molecule has 0 aliphatic carbocycles. The number of nitrogens with zero attached hydrogens (tertiary/aromatic N) is 1. The van der Waals surface area contributed by atoms with Crippen molar-refractivity contribution in [2.75, 3.05) is 45.1 Å². The first-order chi connectivity index (χ1) is 18.9. The molecule has 0 unspecified atom stereocenters. The summed E-state index contributed by atoms with van der Waals surface area (Å²) in [5, 5.41) is 16.2. The van der Waals surface area contributed by atoms with Crippen LogP contribution in [-0.4, -0.2) is 73.4 Å². The summed E-state index contributed by atoms with van der Waals surface area (Å²) in [6, 6.07) is 14.0. The van der Waals surface area contributed by atoms with Gasteiger partial charge in [0.1, 0.15) is 11.4 Å². The first-order valence-electron chi connectivity index (χ1n) is 12.7. The minimum atomic E-state index is -0.326. The SMILES string of the molecule is CCNC(=NC)NCCNC(=O)c1cc2cc(NC(=O)c3cc4cc(C(=O)NCCN)ccc4[nH]3)ccc2[nH]1. The van der Waals surface area contributed by atoms with Crippen LogP contribution in [0.4, 0.5) is 5.69 Å². The number of benzene rings is 2. The molecule has 4 aromatic rings. The Morgan fingerprint density at radius 1 is 0.769 bits per heavy atom. The van der Waals surface area contributed by atoms with Crippen molar-refractivity contribution in [2.24, 2.45) is 10.7 Å². The number of H-pyrrole nitrogens is 2. The summed E-state index contributed by atoms with van der Waals surface area (Å²) in [4.78, 5) is 48.0. The number of nitrogens with one attached hydrogen (secondary N) is 7. The molecule has 12 heteroatoms. The topological polar surface area (TPSA) is 181 Å². The van der Waals surface area contributed by atoms with E-state index < -0.39 is 0 Å². The number of hydrogen-bond donors (Lipinski definition) is 8. The van der Waals surface area contributed by atoms with Crippen LogP contribution in [0.5, 0.6) is 0 Å². The molecule has 2 heterocycles. The van der Waals surface area contributed by atoms with E-state index in [9.17, 15) is 14.4 Å². The van der Waals surface area contributed by atoms with Crippen LogP contribution in [0.3, 0.4) is 0 Å². The molecule has 0 saturated carbocycles. The zero-order valence-corrected chi connectivity index (χ0v) is 21.9. The van der Waals surface area contributed by atoms with Gasteiger partial charge in [-0.2, -0.15) is 0 Å². The van der Waals surface area contributed by atoms with Crippen molar-refractivity contribution >= 4 is 51.2 Å². The van der Waals surface area contributed by atoms with Crippen molar-refractivity contribution in [3.05, 3.63) is 65.5 Å². The Balaban J connectivity index is 1.38. The third kappa shape index (κ3) is 6.73. The fourth-order valence-electron chi connectivity index (χ4n) is 4.06. The minimum absolute atomic E-state index is 0.219. The van der Waals surface area contributed by atoms with E-state index in [2.05, 4.69) is 41.5 Å². The molecule has 4 rings (SSSR count). The number of fused-ring (bicyclic) bond motifs is 2. The van der Waals surface area contributed by atoms with E-state index in [0.29, 0.717) is 54.8 Å². The van der Waals surface area contributed by atoms with Gasteiger partial charge in [-0.15, -0.1) is 0 Å². The zero-order chi connectivity index (χ0) is 27.8. The van der Waals surface area contributed by atoms with Crippen molar-refractivity contribution < 1.29 is 14.4 Å². The van der Waals surface area contributed by atoms with Crippen LogP contribution < -0.4 is 32.3 Å². The summed E-state index contributed by atoms with van der Waals surface area (Å²) in [5.74, 6) is -0.0993. The summed E-state index contributed by atoms with van der Waals surface area (Å²) in [6.45, 7) is 4.42. The van der Waals surface area contributed by atoms with Gasteiger partial charge in [0.2, 0.25) is 0 Å². The lowest BCUT2D eigenvalue weighted by Gasteiger charge is -2.10. The van der Waals surface area contributed by atoms with E-state index in [1.54, 1.807) is 55.6 Å². The van der Waals surface area contributed by atoms with Gasteiger partial charge in [0.05, 0.1) is 0 Å². The molecule has 3 amide bonds. The van der Waals surface area contributed by atoms with Crippen LogP contribution in [0.15, 0.2) is 53.5 Å². The number of aliphatic imine (C=N–C) groups is 1. The van der Waals surface area contributed by atoms with E-state index in [-0.39, 0.29) is 17.7 Å². The lowest BCUT2D eigenvalue weighted by molar-refractivity contribution is 0.0944. The second-order valence-corrected chi connectivity index (χ2v) is 8.75. The molecule has 0 radical (unpaired) electrons. The lowest BCUT2D eigenvalue weighted by atomic mass is 10.1. The normalized spacial score (nSPS) is 11.4.